The normalized spacial score (nSPS) is 30.4. The standard InChI is InChI=1S/C22H33F3N2/c1-20(2,3)27-11-7-10-21(15-27,26(4)5)19-13-17(14-19)16-8-6-9-18(12-16)22(23,24)25/h6,8-9,12,17,19H,7,10-11,13-15H2,1-5H3. The maximum Gasteiger partial charge on any atom is 0.416 e. The molecule has 1 aliphatic heterocycles. The van der Waals surface area contributed by atoms with Crippen LogP contribution < -0.4 is 0 Å². The molecule has 1 unspecified atom stereocenters. The lowest BCUT2D eigenvalue weighted by molar-refractivity contribution is -0.137. The van der Waals surface area contributed by atoms with Crippen LogP contribution in [0.4, 0.5) is 13.2 Å². The van der Waals surface area contributed by atoms with Gasteiger partial charge in [-0.2, -0.15) is 13.2 Å². The van der Waals surface area contributed by atoms with E-state index >= 15 is 0 Å². The molecule has 1 saturated heterocycles. The molecule has 3 rings (SSSR count). The predicted octanol–water partition coefficient (Wildman–Crippen LogP) is 5.39. The monoisotopic (exact) mass is 382 g/mol. The number of rotatable bonds is 3. The molecule has 2 nitrogen and oxygen atoms in total. The Morgan fingerprint density at radius 1 is 1.11 bits per heavy atom. The highest BCUT2D eigenvalue weighted by Gasteiger charge is 2.50. The highest BCUT2D eigenvalue weighted by Crippen LogP contribution is 2.51. The minimum Gasteiger partial charge on any atom is -0.302 e. The van der Waals surface area contributed by atoms with Gasteiger partial charge in [0.05, 0.1) is 5.56 Å². The van der Waals surface area contributed by atoms with E-state index in [1.807, 2.05) is 6.07 Å². The number of benzene rings is 1. The lowest BCUT2D eigenvalue weighted by atomic mass is 9.60. The first-order chi connectivity index (χ1) is 12.4. The van der Waals surface area contributed by atoms with Crippen LogP contribution in [-0.2, 0) is 6.18 Å². The van der Waals surface area contributed by atoms with Crippen molar-refractivity contribution in [2.75, 3.05) is 27.2 Å². The summed E-state index contributed by atoms with van der Waals surface area (Å²) in [5, 5.41) is 0. The van der Waals surface area contributed by atoms with Crippen LogP contribution in [-0.4, -0.2) is 48.1 Å². The van der Waals surface area contributed by atoms with Crippen molar-refractivity contribution >= 4 is 0 Å². The lowest BCUT2D eigenvalue weighted by Crippen LogP contribution is -2.65. The molecule has 1 atom stereocenters. The Morgan fingerprint density at radius 2 is 1.78 bits per heavy atom. The first-order valence-corrected chi connectivity index (χ1v) is 10.0. The number of hydrogen-bond donors (Lipinski definition) is 0. The fraction of sp³-hybridized carbons (Fsp3) is 0.727. The zero-order chi connectivity index (χ0) is 20.0. The highest BCUT2D eigenvalue weighted by molar-refractivity contribution is 5.30. The maximum absolute atomic E-state index is 13.0. The van der Waals surface area contributed by atoms with Gasteiger partial charge in [0.15, 0.2) is 0 Å². The van der Waals surface area contributed by atoms with Crippen LogP contribution in [0.3, 0.4) is 0 Å². The van der Waals surface area contributed by atoms with Crippen LogP contribution in [0.2, 0.25) is 0 Å². The molecule has 1 aliphatic carbocycles. The van der Waals surface area contributed by atoms with E-state index in [0.717, 1.165) is 31.5 Å². The summed E-state index contributed by atoms with van der Waals surface area (Å²) < 4.78 is 39.1. The molecule has 1 aromatic rings. The summed E-state index contributed by atoms with van der Waals surface area (Å²) in [4.78, 5) is 4.96. The molecular weight excluding hydrogens is 349 g/mol. The summed E-state index contributed by atoms with van der Waals surface area (Å²) in [7, 11) is 4.34. The summed E-state index contributed by atoms with van der Waals surface area (Å²) in [6.45, 7) is 8.98. The highest BCUT2D eigenvalue weighted by atomic mass is 19.4. The second kappa shape index (κ2) is 7.07. The SMILES string of the molecule is CN(C)C1(C2CC(c3cccc(C(F)(F)F)c3)C2)CCCN(C(C)(C)C)C1. The van der Waals surface area contributed by atoms with E-state index in [9.17, 15) is 13.2 Å². The van der Waals surface area contributed by atoms with Crippen molar-refractivity contribution in [3.05, 3.63) is 35.4 Å². The second-order valence-corrected chi connectivity index (χ2v) is 9.68. The van der Waals surface area contributed by atoms with Crippen molar-refractivity contribution < 1.29 is 13.2 Å². The van der Waals surface area contributed by atoms with Gasteiger partial charge in [-0.3, -0.25) is 4.90 Å². The number of halogens is 3. The summed E-state index contributed by atoms with van der Waals surface area (Å²) in [5.41, 5.74) is 0.594. The van der Waals surface area contributed by atoms with Crippen LogP contribution in [0.15, 0.2) is 24.3 Å². The van der Waals surface area contributed by atoms with E-state index in [2.05, 4.69) is 44.7 Å². The third-order valence-electron chi connectivity index (χ3n) is 6.93. The van der Waals surface area contributed by atoms with Crippen molar-refractivity contribution in [2.45, 2.75) is 69.6 Å². The van der Waals surface area contributed by atoms with Gasteiger partial charge in [0.2, 0.25) is 0 Å². The largest absolute Gasteiger partial charge is 0.416 e. The van der Waals surface area contributed by atoms with E-state index in [4.69, 9.17) is 0 Å². The third-order valence-corrected chi connectivity index (χ3v) is 6.93. The van der Waals surface area contributed by atoms with Gasteiger partial charge in [0, 0.05) is 17.6 Å². The van der Waals surface area contributed by atoms with E-state index < -0.39 is 11.7 Å². The molecule has 0 amide bonds. The van der Waals surface area contributed by atoms with Crippen LogP contribution >= 0.6 is 0 Å². The van der Waals surface area contributed by atoms with E-state index in [-0.39, 0.29) is 17.0 Å². The average Bonchev–Trinajstić information content (AvgIpc) is 2.52. The third kappa shape index (κ3) is 4.04. The van der Waals surface area contributed by atoms with Crippen LogP contribution in [0.5, 0.6) is 0 Å². The Labute approximate surface area is 161 Å². The second-order valence-electron chi connectivity index (χ2n) is 9.68. The molecule has 0 bridgehead atoms. The number of piperidine rings is 1. The average molecular weight is 383 g/mol. The van der Waals surface area contributed by atoms with Crippen molar-refractivity contribution in [1.29, 1.82) is 0 Å². The Morgan fingerprint density at radius 3 is 2.33 bits per heavy atom. The Bertz CT molecular complexity index is 656. The molecule has 1 saturated carbocycles. The summed E-state index contributed by atoms with van der Waals surface area (Å²) >= 11 is 0. The summed E-state index contributed by atoms with van der Waals surface area (Å²) in [5.74, 6) is 0.788. The van der Waals surface area contributed by atoms with Crippen molar-refractivity contribution in [3.8, 4) is 0 Å². The van der Waals surface area contributed by atoms with Crippen molar-refractivity contribution in [1.82, 2.24) is 9.80 Å². The van der Waals surface area contributed by atoms with Crippen molar-refractivity contribution in [3.63, 3.8) is 0 Å². The first kappa shape index (κ1) is 20.7. The maximum atomic E-state index is 13.0. The molecular formula is C22H33F3N2. The van der Waals surface area contributed by atoms with Crippen LogP contribution in [0.1, 0.15) is 63.5 Å². The van der Waals surface area contributed by atoms with Gasteiger partial charge in [0.1, 0.15) is 0 Å². The Kier molecular flexibility index (Phi) is 5.41. The van der Waals surface area contributed by atoms with Crippen LogP contribution in [0.25, 0.3) is 0 Å². The van der Waals surface area contributed by atoms with Crippen LogP contribution in [0, 0.1) is 5.92 Å². The molecule has 0 spiro atoms. The zero-order valence-electron chi connectivity index (χ0n) is 17.2. The fourth-order valence-electron chi connectivity index (χ4n) is 5.00. The molecule has 2 aliphatic rings. The molecule has 152 valence electrons. The number of likely N-dealkylation sites (tertiary alicyclic amines) is 1. The van der Waals surface area contributed by atoms with Gasteiger partial charge >= 0.3 is 6.18 Å². The van der Waals surface area contributed by atoms with Gasteiger partial charge < -0.3 is 4.90 Å². The Balaban J connectivity index is 1.75. The number of alkyl halides is 3. The van der Waals surface area contributed by atoms with Crippen molar-refractivity contribution in [2.24, 2.45) is 5.92 Å². The fourth-order valence-corrected chi connectivity index (χ4v) is 5.00. The van der Waals surface area contributed by atoms with E-state index in [0.29, 0.717) is 5.92 Å². The molecule has 1 aromatic carbocycles. The molecule has 0 radical (unpaired) electrons. The summed E-state index contributed by atoms with van der Waals surface area (Å²) in [6.07, 6.45) is 0.0578. The van der Waals surface area contributed by atoms with Gasteiger partial charge in [-0.15, -0.1) is 0 Å². The van der Waals surface area contributed by atoms with Gasteiger partial charge in [-0.1, -0.05) is 18.2 Å². The van der Waals surface area contributed by atoms with E-state index in [1.54, 1.807) is 6.07 Å². The molecule has 0 N–H and O–H groups in total. The minimum atomic E-state index is -4.26. The zero-order valence-corrected chi connectivity index (χ0v) is 17.2. The van der Waals surface area contributed by atoms with Gasteiger partial charge in [-0.05, 0) is 90.6 Å². The summed E-state index contributed by atoms with van der Waals surface area (Å²) in [6, 6.07) is 5.94. The van der Waals surface area contributed by atoms with Gasteiger partial charge in [-0.25, -0.2) is 0 Å². The quantitative estimate of drug-likeness (QED) is 0.691. The Hall–Kier alpha value is -1.07. The molecule has 1 heterocycles. The number of nitrogens with zero attached hydrogens (tertiary/aromatic N) is 2. The first-order valence-electron chi connectivity index (χ1n) is 10.0. The molecule has 5 heteroatoms. The van der Waals surface area contributed by atoms with E-state index in [1.165, 1.54) is 25.0 Å². The number of hydrogen-bond acceptors (Lipinski definition) is 2. The smallest absolute Gasteiger partial charge is 0.302 e. The lowest BCUT2D eigenvalue weighted by Gasteiger charge is -2.58. The van der Waals surface area contributed by atoms with Gasteiger partial charge in [0.25, 0.3) is 0 Å². The molecule has 0 aromatic heterocycles. The molecule has 27 heavy (non-hydrogen) atoms. The predicted molar refractivity (Wildman–Crippen MR) is 104 cm³/mol. The minimum absolute atomic E-state index is 0.129. The topological polar surface area (TPSA) is 6.48 Å². The number of likely N-dealkylation sites (N-methyl/N-ethyl adjacent to an activating group) is 1. The molecule has 2 fully saturated rings.